The van der Waals surface area contributed by atoms with Crippen LogP contribution in [0.15, 0.2) is 12.3 Å². The summed E-state index contributed by atoms with van der Waals surface area (Å²) in [6.07, 6.45) is 16.1. The molecule has 0 saturated carbocycles. The summed E-state index contributed by atoms with van der Waals surface area (Å²) in [4.78, 5) is 10.0. The zero-order valence-electron chi connectivity index (χ0n) is 12.4. The normalized spacial score (nSPS) is 11.0. The van der Waals surface area contributed by atoms with Gasteiger partial charge in [0.15, 0.2) is 6.79 Å². The zero-order valence-corrected chi connectivity index (χ0v) is 12.4. The van der Waals surface area contributed by atoms with E-state index in [0.717, 1.165) is 25.7 Å². The molecule has 0 aliphatic heterocycles. The minimum atomic E-state index is 0.314. The molecule has 19 heavy (non-hydrogen) atoms. The SMILES string of the molecule is CCCCCCCCCCOCOC=CCCC=O. The fourth-order valence-electron chi connectivity index (χ4n) is 1.78. The average molecular weight is 270 g/mol. The van der Waals surface area contributed by atoms with Crippen LogP contribution in [0, 0.1) is 0 Å². The first-order chi connectivity index (χ1) is 9.41. The topological polar surface area (TPSA) is 35.5 Å². The minimum Gasteiger partial charge on any atom is -0.475 e. The largest absolute Gasteiger partial charge is 0.475 e. The highest BCUT2D eigenvalue weighted by atomic mass is 16.7. The van der Waals surface area contributed by atoms with E-state index in [1.165, 1.54) is 44.9 Å². The lowest BCUT2D eigenvalue weighted by Gasteiger charge is -2.04. The van der Waals surface area contributed by atoms with E-state index < -0.39 is 0 Å². The van der Waals surface area contributed by atoms with Crippen LogP contribution in [0.5, 0.6) is 0 Å². The van der Waals surface area contributed by atoms with Crippen molar-refractivity contribution in [2.75, 3.05) is 13.4 Å². The predicted molar refractivity (Wildman–Crippen MR) is 79.0 cm³/mol. The number of hydrogen-bond donors (Lipinski definition) is 0. The molecule has 0 fully saturated rings. The van der Waals surface area contributed by atoms with Gasteiger partial charge < -0.3 is 14.3 Å². The number of hydrogen-bond acceptors (Lipinski definition) is 3. The van der Waals surface area contributed by atoms with E-state index in [1.807, 2.05) is 6.08 Å². The van der Waals surface area contributed by atoms with Crippen molar-refractivity contribution < 1.29 is 14.3 Å². The molecule has 0 rings (SSSR count). The van der Waals surface area contributed by atoms with Crippen LogP contribution in [-0.4, -0.2) is 19.7 Å². The summed E-state index contributed by atoms with van der Waals surface area (Å²) in [5.74, 6) is 0. The summed E-state index contributed by atoms with van der Waals surface area (Å²) >= 11 is 0. The number of carbonyl (C=O) groups is 1. The second-order valence-electron chi connectivity index (χ2n) is 4.78. The molecule has 0 aliphatic carbocycles. The van der Waals surface area contributed by atoms with Crippen LogP contribution >= 0.6 is 0 Å². The highest BCUT2D eigenvalue weighted by Gasteiger charge is 1.92. The monoisotopic (exact) mass is 270 g/mol. The van der Waals surface area contributed by atoms with Crippen LogP contribution in [0.4, 0.5) is 0 Å². The third-order valence-electron chi connectivity index (χ3n) is 2.94. The molecule has 0 atom stereocenters. The molecule has 0 unspecified atom stereocenters. The number of unbranched alkanes of at least 4 members (excludes halogenated alkanes) is 8. The Bertz CT molecular complexity index is 202. The maximum atomic E-state index is 10.0. The Morgan fingerprint density at radius 2 is 1.58 bits per heavy atom. The molecule has 0 bridgehead atoms. The molecule has 3 heteroatoms. The van der Waals surface area contributed by atoms with E-state index in [2.05, 4.69) is 6.92 Å². The van der Waals surface area contributed by atoms with E-state index in [4.69, 9.17) is 9.47 Å². The van der Waals surface area contributed by atoms with Gasteiger partial charge in [-0.2, -0.15) is 0 Å². The van der Waals surface area contributed by atoms with E-state index in [0.29, 0.717) is 13.2 Å². The van der Waals surface area contributed by atoms with Crippen molar-refractivity contribution in [3.8, 4) is 0 Å². The molecule has 0 aromatic heterocycles. The zero-order chi connectivity index (χ0) is 14.0. The van der Waals surface area contributed by atoms with Crippen LogP contribution in [-0.2, 0) is 14.3 Å². The van der Waals surface area contributed by atoms with E-state index in [1.54, 1.807) is 6.26 Å². The smallest absolute Gasteiger partial charge is 0.188 e. The molecule has 0 aliphatic rings. The number of allylic oxidation sites excluding steroid dienone is 1. The fraction of sp³-hybridized carbons (Fsp3) is 0.812. The second kappa shape index (κ2) is 17.2. The molecule has 0 heterocycles. The molecule has 0 radical (unpaired) electrons. The van der Waals surface area contributed by atoms with E-state index >= 15 is 0 Å². The van der Waals surface area contributed by atoms with Crippen LogP contribution in [0.1, 0.15) is 71.1 Å². The first-order valence-corrected chi connectivity index (χ1v) is 7.69. The van der Waals surface area contributed by atoms with Gasteiger partial charge in [-0.25, -0.2) is 0 Å². The Morgan fingerprint density at radius 3 is 2.26 bits per heavy atom. The van der Waals surface area contributed by atoms with Gasteiger partial charge in [0, 0.05) is 6.42 Å². The minimum absolute atomic E-state index is 0.314. The second-order valence-corrected chi connectivity index (χ2v) is 4.78. The Balaban J connectivity index is 2.98. The standard InChI is InChI=1S/C16H30O3/c1-2-3-4-5-6-7-8-11-14-18-16-19-15-12-9-10-13-17/h12-13,15H,2-11,14,16H2,1H3. The van der Waals surface area contributed by atoms with Gasteiger partial charge in [-0.3, -0.25) is 0 Å². The number of carbonyl (C=O) groups excluding carboxylic acids is 1. The molecular formula is C16H30O3. The number of ether oxygens (including phenoxy) is 2. The number of rotatable bonds is 15. The quantitative estimate of drug-likeness (QED) is 0.189. The van der Waals surface area contributed by atoms with Crippen LogP contribution in [0.25, 0.3) is 0 Å². The molecule has 0 amide bonds. The highest BCUT2D eigenvalue weighted by Crippen LogP contribution is 2.08. The van der Waals surface area contributed by atoms with Gasteiger partial charge in [-0.1, -0.05) is 51.9 Å². The Morgan fingerprint density at radius 1 is 0.895 bits per heavy atom. The van der Waals surface area contributed by atoms with Crippen molar-refractivity contribution >= 4 is 6.29 Å². The number of aldehydes is 1. The third kappa shape index (κ3) is 17.2. The lowest BCUT2D eigenvalue weighted by molar-refractivity contribution is -0.107. The van der Waals surface area contributed by atoms with Crippen molar-refractivity contribution in [1.29, 1.82) is 0 Å². The lowest BCUT2D eigenvalue weighted by Crippen LogP contribution is -1.98. The van der Waals surface area contributed by atoms with Crippen molar-refractivity contribution in [3.63, 3.8) is 0 Å². The molecular weight excluding hydrogens is 240 g/mol. The van der Waals surface area contributed by atoms with Gasteiger partial charge in [0.1, 0.15) is 6.29 Å². The highest BCUT2D eigenvalue weighted by molar-refractivity contribution is 5.49. The van der Waals surface area contributed by atoms with Crippen LogP contribution in [0.3, 0.4) is 0 Å². The van der Waals surface area contributed by atoms with Crippen molar-refractivity contribution in [1.82, 2.24) is 0 Å². The molecule has 0 aromatic rings. The van der Waals surface area contributed by atoms with Crippen LogP contribution in [0.2, 0.25) is 0 Å². The van der Waals surface area contributed by atoms with E-state index in [9.17, 15) is 4.79 Å². The van der Waals surface area contributed by atoms with Gasteiger partial charge in [-0.15, -0.1) is 0 Å². The first kappa shape index (κ1) is 18.2. The summed E-state index contributed by atoms with van der Waals surface area (Å²) in [6, 6.07) is 0. The Labute approximate surface area is 118 Å². The molecule has 0 saturated heterocycles. The van der Waals surface area contributed by atoms with Gasteiger partial charge >= 0.3 is 0 Å². The fourth-order valence-corrected chi connectivity index (χ4v) is 1.78. The summed E-state index contributed by atoms with van der Waals surface area (Å²) in [7, 11) is 0. The summed E-state index contributed by atoms with van der Waals surface area (Å²) < 4.78 is 10.5. The lowest BCUT2D eigenvalue weighted by atomic mass is 10.1. The Kier molecular flexibility index (Phi) is 16.4. The third-order valence-corrected chi connectivity index (χ3v) is 2.94. The molecule has 0 N–H and O–H groups in total. The van der Waals surface area contributed by atoms with Crippen molar-refractivity contribution in [3.05, 3.63) is 12.3 Å². The molecule has 3 nitrogen and oxygen atoms in total. The van der Waals surface area contributed by atoms with Gasteiger partial charge in [0.2, 0.25) is 0 Å². The molecule has 0 aromatic carbocycles. The maximum absolute atomic E-state index is 10.0. The van der Waals surface area contributed by atoms with Crippen molar-refractivity contribution in [2.24, 2.45) is 0 Å². The van der Waals surface area contributed by atoms with Gasteiger partial charge in [-0.05, 0) is 18.9 Å². The van der Waals surface area contributed by atoms with E-state index in [-0.39, 0.29) is 0 Å². The van der Waals surface area contributed by atoms with Crippen molar-refractivity contribution in [2.45, 2.75) is 71.1 Å². The maximum Gasteiger partial charge on any atom is 0.188 e. The predicted octanol–water partition coefficient (Wildman–Crippen LogP) is 4.61. The van der Waals surface area contributed by atoms with Gasteiger partial charge in [0.25, 0.3) is 0 Å². The van der Waals surface area contributed by atoms with Gasteiger partial charge in [0.05, 0.1) is 12.9 Å². The Hall–Kier alpha value is -0.830. The molecule has 112 valence electrons. The summed E-state index contributed by atoms with van der Waals surface area (Å²) in [6.45, 7) is 3.34. The molecule has 0 spiro atoms. The first-order valence-electron chi connectivity index (χ1n) is 7.69. The summed E-state index contributed by atoms with van der Waals surface area (Å²) in [5, 5.41) is 0. The average Bonchev–Trinajstić information content (AvgIpc) is 2.43. The van der Waals surface area contributed by atoms with Crippen LogP contribution < -0.4 is 0 Å². The summed E-state index contributed by atoms with van der Waals surface area (Å²) in [5.41, 5.74) is 0.